The van der Waals surface area contributed by atoms with E-state index in [9.17, 15) is 26.4 Å². The van der Waals surface area contributed by atoms with Crippen LogP contribution in [0.5, 0.6) is 0 Å². The molecule has 4 nitrogen and oxygen atoms in total. The van der Waals surface area contributed by atoms with Crippen LogP contribution in [0.15, 0.2) is 23.1 Å². The maximum atomic E-state index is 12.6. The molecule has 0 aliphatic heterocycles. The lowest BCUT2D eigenvalue weighted by Crippen LogP contribution is -2.12. The van der Waals surface area contributed by atoms with E-state index >= 15 is 0 Å². The Balaban J connectivity index is 3.55. The van der Waals surface area contributed by atoms with Crippen LogP contribution in [0.3, 0.4) is 0 Å². The van der Waals surface area contributed by atoms with E-state index in [1.165, 1.54) is 0 Å². The Hall–Kier alpha value is -1.28. The predicted octanol–water partition coefficient (Wildman–Crippen LogP) is 2.42. The molecule has 0 aliphatic rings. The van der Waals surface area contributed by atoms with Crippen molar-refractivity contribution < 1.29 is 31.1 Å². The number of hydrogen-bond donors (Lipinski definition) is 0. The highest BCUT2D eigenvalue weighted by Gasteiger charge is 2.37. The summed E-state index contributed by atoms with van der Waals surface area (Å²) in [7, 11) is 1.28. The molecule has 0 heterocycles. The molecule has 18 heavy (non-hydrogen) atoms. The van der Waals surface area contributed by atoms with Gasteiger partial charge in [-0.25, -0.2) is 13.2 Å². The van der Waals surface area contributed by atoms with Crippen LogP contribution in [-0.4, -0.2) is 21.5 Å². The zero-order valence-electron chi connectivity index (χ0n) is 8.79. The fourth-order valence-electron chi connectivity index (χ4n) is 1.20. The fourth-order valence-corrected chi connectivity index (χ4v) is 2.30. The van der Waals surface area contributed by atoms with Gasteiger partial charge in [0.25, 0.3) is 9.05 Å². The van der Waals surface area contributed by atoms with Gasteiger partial charge in [0.05, 0.1) is 23.1 Å². The van der Waals surface area contributed by atoms with Crippen LogP contribution < -0.4 is 0 Å². The van der Waals surface area contributed by atoms with Gasteiger partial charge in [-0.3, -0.25) is 0 Å². The van der Waals surface area contributed by atoms with Crippen LogP contribution in [0.4, 0.5) is 13.2 Å². The number of rotatable bonds is 2. The molecule has 9 heteroatoms. The van der Waals surface area contributed by atoms with Crippen LogP contribution in [0.25, 0.3) is 0 Å². The van der Waals surface area contributed by atoms with Gasteiger partial charge in [-0.1, -0.05) is 0 Å². The van der Waals surface area contributed by atoms with Crippen molar-refractivity contribution in [2.24, 2.45) is 0 Å². The van der Waals surface area contributed by atoms with Crippen LogP contribution in [0.1, 0.15) is 15.9 Å². The first kappa shape index (κ1) is 14.8. The van der Waals surface area contributed by atoms with Gasteiger partial charge in [0.2, 0.25) is 0 Å². The highest BCUT2D eigenvalue weighted by molar-refractivity contribution is 8.13. The van der Waals surface area contributed by atoms with Gasteiger partial charge in [0, 0.05) is 10.7 Å². The van der Waals surface area contributed by atoms with E-state index in [0.29, 0.717) is 12.1 Å². The summed E-state index contributed by atoms with van der Waals surface area (Å²) >= 11 is 0. The number of halogens is 4. The summed E-state index contributed by atoms with van der Waals surface area (Å²) in [6.45, 7) is 0. The number of carbonyl (C=O) groups is 1. The van der Waals surface area contributed by atoms with Crippen LogP contribution in [-0.2, 0) is 20.0 Å². The molecule has 1 rings (SSSR count). The van der Waals surface area contributed by atoms with Gasteiger partial charge in [-0.05, 0) is 18.2 Å². The second kappa shape index (κ2) is 4.77. The molecule has 0 bridgehead atoms. The highest BCUT2D eigenvalue weighted by atomic mass is 35.7. The third kappa shape index (κ3) is 3.14. The summed E-state index contributed by atoms with van der Waals surface area (Å²) in [5, 5.41) is 0. The quantitative estimate of drug-likeness (QED) is 0.622. The van der Waals surface area contributed by atoms with E-state index in [4.69, 9.17) is 10.7 Å². The Morgan fingerprint density at radius 3 is 2.28 bits per heavy atom. The van der Waals surface area contributed by atoms with Crippen molar-refractivity contribution in [2.45, 2.75) is 11.1 Å². The summed E-state index contributed by atoms with van der Waals surface area (Å²) in [4.78, 5) is 9.93. The van der Waals surface area contributed by atoms with Crippen molar-refractivity contribution in [3.8, 4) is 0 Å². The SMILES string of the molecule is COC(=O)c1ccc(C(F)(F)F)c(S(=O)(=O)Cl)c1. The third-order valence-electron chi connectivity index (χ3n) is 1.97. The predicted molar refractivity (Wildman–Crippen MR) is 55.8 cm³/mol. The van der Waals surface area contributed by atoms with E-state index in [2.05, 4.69) is 4.74 Å². The van der Waals surface area contributed by atoms with Crippen molar-refractivity contribution in [1.82, 2.24) is 0 Å². The first-order chi connectivity index (χ1) is 8.07. The summed E-state index contributed by atoms with van der Waals surface area (Å²) in [6.07, 6.45) is -4.90. The molecule has 1 aromatic rings. The van der Waals surface area contributed by atoms with Gasteiger partial charge >= 0.3 is 12.1 Å². The molecule has 0 aromatic heterocycles. The molecule has 0 aliphatic carbocycles. The minimum atomic E-state index is -4.90. The minimum Gasteiger partial charge on any atom is -0.465 e. The molecular formula is C9H6ClF3O4S. The minimum absolute atomic E-state index is 0.343. The zero-order valence-corrected chi connectivity index (χ0v) is 10.4. The molecule has 0 spiro atoms. The average Bonchev–Trinajstić information content (AvgIpc) is 2.24. The lowest BCUT2D eigenvalue weighted by Gasteiger charge is -2.11. The highest BCUT2D eigenvalue weighted by Crippen LogP contribution is 2.35. The zero-order chi connectivity index (χ0) is 14.1. The van der Waals surface area contributed by atoms with Crippen molar-refractivity contribution in [3.63, 3.8) is 0 Å². The largest absolute Gasteiger partial charge is 0.465 e. The second-order valence-electron chi connectivity index (χ2n) is 3.14. The normalized spacial score (nSPS) is 12.3. The monoisotopic (exact) mass is 302 g/mol. The molecule has 1 aromatic carbocycles. The molecule has 0 radical (unpaired) electrons. The first-order valence-electron chi connectivity index (χ1n) is 4.31. The van der Waals surface area contributed by atoms with Gasteiger partial charge < -0.3 is 4.74 Å². The Morgan fingerprint density at radius 1 is 1.33 bits per heavy atom. The van der Waals surface area contributed by atoms with Crippen molar-refractivity contribution in [2.75, 3.05) is 7.11 Å². The lowest BCUT2D eigenvalue weighted by molar-refractivity contribution is -0.139. The maximum Gasteiger partial charge on any atom is 0.417 e. The van der Waals surface area contributed by atoms with Gasteiger partial charge in [0.1, 0.15) is 0 Å². The molecule has 0 amide bonds. The first-order valence-corrected chi connectivity index (χ1v) is 6.62. The summed E-state index contributed by atoms with van der Waals surface area (Å²) in [5.41, 5.74) is -1.78. The standard InChI is InChI=1S/C9H6ClF3O4S/c1-17-8(14)5-2-3-6(9(11,12)13)7(4-5)18(10,15)16/h2-4H,1H3. The van der Waals surface area contributed by atoms with Gasteiger partial charge in [-0.15, -0.1) is 0 Å². The molecule has 100 valence electrons. The van der Waals surface area contributed by atoms with E-state index in [1.54, 1.807) is 0 Å². The van der Waals surface area contributed by atoms with E-state index in [1.807, 2.05) is 0 Å². The number of hydrogen-bond acceptors (Lipinski definition) is 4. The van der Waals surface area contributed by atoms with E-state index < -0.39 is 31.7 Å². The molecule has 0 N–H and O–H groups in total. The summed E-state index contributed by atoms with van der Waals surface area (Å²) in [5.74, 6) is -0.967. The van der Waals surface area contributed by atoms with Crippen molar-refractivity contribution in [3.05, 3.63) is 29.3 Å². The second-order valence-corrected chi connectivity index (χ2v) is 5.67. The van der Waals surface area contributed by atoms with E-state index in [-0.39, 0.29) is 5.56 Å². The van der Waals surface area contributed by atoms with Crippen LogP contribution in [0.2, 0.25) is 0 Å². The molecule has 0 fully saturated rings. The average molecular weight is 303 g/mol. The molecule has 0 atom stereocenters. The summed E-state index contributed by atoms with van der Waals surface area (Å²) in [6, 6.07) is 1.79. The number of methoxy groups -OCH3 is 1. The Kier molecular flexibility index (Phi) is 3.92. The van der Waals surface area contributed by atoms with E-state index in [0.717, 1.165) is 13.2 Å². The lowest BCUT2D eigenvalue weighted by atomic mass is 10.1. The third-order valence-corrected chi connectivity index (χ3v) is 3.33. The van der Waals surface area contributed by atoms with Crippen LogP contribution >= 0.6 is 10.7 Å². The summed E-state index contributed by atoms with van der Waals surface area (Å²) < 4.78 is 64.1. The molecular weight excluding hydrogens is 297 g/mol. The number of alkyl halides is 3. The van der Waals surface area contributed by atoms with Gasteiger partial charge in [0.15, 0.2) is 0 Å². The van der Waals surface area contributed by atoms with Crippen molar-refractivity contribution in [1.29, 1.82) is 0 Å². The number of carbonyl (C=O) groups excluding carboxylic acids is 1. The smallest absolute Gasteiger partial charge is 0.417 e. The van der Waals surface area contributed by atoms with Gasteiger partial charge in [-0.2, -0.15) is 13.2 Å². The topological polar surface area (TPSA) is 60.4 Å². The number of benzene rings is 1. The molecule has 0 unspecified atom stereocenters. The number of ether oxygens (including phenoxy) is 1. The van der Waals surface area contributed by atoms with Crippen LogP contribution in [0, 0.1) is 0 Å². The Bertz CT molecular complexity index is 580. The van der Waals surface area contributed by atoms with Crippen molar-refractivity contribution >= 4 is 25.7 Å². The molecule has 0 saturated heterocycles. The Morgan fingerprint density at radius 2 is 1.89 bits per heavy atom. The fraction of sp³-hybridized carbons (Fsp3) is 0.222. The maximum absolute atomic E-state index is 12.6. The molecule has 0 saturated carbocycles. The Labute approximate surface area is 105 Å². The number of esters is 1.